The second-order valence-electron chi connectivity index (χ2n) is 7.08. The Labute approximate surface area is 145 Å². The summed E-state index contributed by atoms with van der Waals surface area (Å²) in [4.78, 5) is 15.5. The van der Waals surface area contributed by atoms with Crippen molar-refractivity contribution in [2.45, 2.75) is 57.0 Å². The Balaban J connectivity index is 1.58. The molecular formula is C18H31N5O. The first-order valence-electron chi connectivity index (χ1n) is 9.49. The summed E-state index contributed by atoms with van der Waals surface area (Å²) in [6.07, 6.45) is 10.4. The van der Waals surface area contributed by atoms with E-state index in [-0.39, 0.29) is 5.91 Å². The monoisotopic (exact) mass is 333 g/mol. The molecule has 0 bridgehead atoms. The zero-order valence-electron chi connectivity index (χ0n) is 14.8. The van der Waals surface area contributed by atoms with Gasteiger partial charge in [0.15, 0.2) is 0 Å². The van der Waals surface area contributed by atoms with E-state index in [0.717, 1.165) is 39.0 Å². The average Bonchev–Trinajstić information content (AvgIpc) is 3.18. The fourth-order valence-corrected chi connectivity index (χ4v) is 4.22. The van der Waals surface area contributed by atoms with E-state index < -0.39 is 5.54 Å². The van der Waals surface area contributed by atoms with Gasteiger partial charge in [-0.1, -0.05) is 13.3 Å². The van der Waals surface area contributed by atoms with Crippen LogP contribution in [0, 0.1) is 0 Å². The second-order valence-corrected chi connectivity index (χ2v) is 7.08. The van der Waals surface area contributed by atoms with Crippen molar-refractivity contribution in [1.29, 1.82) is 0 Å². The van der Waals surface area contributed by atoms with Crippen LogP contribution >= 0.6 is 0 Å². The minimum atomic E-state index is -0.527. The van der Waals surface area contributed by atoms with Crippen LogP contribution in [0.3, 0.4) is 0 Å². The molecule has 6 nitrogen and oxygen atoms in total. The highest BCUT2D eigenvalue weighted by molar-refractivity contribution is 5.84. The van der Waals surface area contributed by atoms with E-state index in [4.69, 9.17) is 0 Å². The van der Waals surface area contributed by atoms with Crippen molar-refractivity contribution in [2.24, 2.45) is 0 Å². The van der Waals surface area contributed by atoms with Gasteiger partial charge in [0.25, 0.3) is 0 Å². The smallest absolute Gasteiger partial charge is 0.248 e. The van der Waals surface area contributed by atoms with Gasteiger partial charge in [0, 0.05) is 31.5 Å². The summed E-state index contributed by atoms with van der Waals surface area (Å²) in [7, 11) is 0. The summed E-state index contributed by atoms with van der Waals surface area (Å²) < 4.78 is 1.86. The molecule has 1 atom stereocenters. The topological polar surface area (TPSA) is 62.2 Å². The Morgan fingerprint density at radius 2 is 2.21 bits per heavy atom. The molecule has 0 aliphatic carbocycles. The van der Waals surface area contributed by atoms with Crippen molar-refractivity contribution in [3.8, 4) is 0 Å². The number of hydrogen-bond donors (Lipinski definition) is 2. The molecule has 134 valence electrons. The molecule has 1 amide bonds. The van der Waals surface area contributed by atoms with Crippen LogP contribution in [-0.4, -0.2) is 59.4 Å². The second kappa shape index (κ2) is 8.12. The Morgan fingerprint density at radius 1 is 1.38 bits per heavy atom. The maximum absolute atomic E-state index is 13.0. The molecule has 3 heterocycles. The number of likely N-dealkylation sites (tertiary alicyclic amines) is 1. The van der Waals surface area contributed by atoms with Gasteiger partial charge in [-0.3, -0.25) is 14.4 Å². The van der Waals surface area contributed by atoms with Gasteiger partial charge in [0.05, 0.1) is 0 Å². The maximum atomic E-state index is 13.0. The number of hydrogen-bond acceptors (Lipinski definition) is 4. The molecule has 2 N–H and O–H groups in total. The molecule has 0 aromatic carbocycles. The summed E-state index contributed by atoms with van der Waals surface area (Å²) in [6.45, 7) is 6.84. The molecule has 0 radical (unpaired) electrons. The van der Waals surface area contributed by atoms with Crippen LogP contribution < -0.4 is 10.6 Å². The number of aromatic nitrogens is 2. The number of nitrogens with zero attached hydrogens (tertiary/aromatic N) is 3. The number of piperidine rings is 2. The highest BCUT2D eigenvalue weighted by atomic mass is 16.2. The zero-order valence-corrected chi connectivity index (χ0v) is 14.8. The van der Waals surface area contributed by atoms with Crippen molar-refractivity contribution in [1.82, 2.24) is 25.3 Å². The minimum Gasteiger partial charge on any atom is -0.353 e. The maximum Gasteiger partial charge on any atom is 0.248 e. The minimum absolute atomic E-state index is 0.123. The lowest BCUT2D eigenvalue weighted by atomic mass is 9.87. The molecular weight excluding hydrogens is 302 g/mol. The Hall–Kier alpha value is -1.40. The van der Waals surface area contributed by atoms with Gasteiger partial charge in [-0.2, -0.15) is 5.10 Å². The zero-order chi connectivity index (χ0) is 16.8. The molecule has 2 aliphatic heterocycles. The van der Waals surface area contributed by atoms with E-state index in [1.165, 1.54) is 32.2 Å². The Bertz CT molecular complexity index is 509. The third-order valence-corrected chi connectivity index (χ3v) is 5.70. The van der Waals surface area contributed by atoms with Crippen molar-refractivity contribution in [3.63, 3.8) is 0 Å². The highest BCUT2D eigenvalue weighted by Gasteiger charge is 2.41. The highest BCUT2D eigenvalue weighted by Crippen LogP contribution is 2.27. The lowest BCUT2D eigenvalue weighted by molar-refractivity contribution is -0.132. The van der Waals surface area contributed by atoms with Gasteiger partial charge in [-0.05, 0) is 57.8 Å². The molecule has 1 aromatic heterocycles. The van der Waals surface area contributed by atoms with Crippen molar-refractivity contribution >= 4 is 5.91 Å². The number of carbonyl (C=O) groups excluding carboxylic acids is 1. The summed E-state index contributed by atoms with van der Waals surface area (Å²) in [5.41, 5.74) is -0.527. The molecule has 3 rings (SSSR count). The quantitative estimate of drug-likeness (QED) is 0.825. The van der Waals surface area contributed by atoms with Gasteiger partial charge in [-0.15, -0.1) is 0 Å². The Kier molecular flexibility index (Phi) is 5.89. The fraction of sp³-hybridized carbons (Fsp3) is 0.778. The molecule has 2 saturated heterocycles. The molecule has 2 aliphatic rings. The molecule has 0 spiro atoms. The van der Waals surface area contributed by atoms with Gasteiger partial charge in [0.2, 0.25) is 5.91 Å². The van der Waals surface area contributed by atoms with Gasteiger partial charge < -0.3 is 10.6 Å². The van der Waals surface area contributed by atoms with E-state index in [0.29, 0.717) is 6.04 Å². The van der Waals surface area contributed by atoms with Crippen LogP contribution in [0.2, 0.25) is 0 Å². The normalized spacial score (nSPS) is 24.6. The van der Waals surface area contributed by atoms with Crippen molar-refractivity contribution in [2.75, 3.05) is 32.7 Å². The first-order valence-corrected chi connectivity index (χ1v) is 9.49. The Morgan fingerprint density at radius 3 is 2.92 bits per heavy atom. The summed E-state index contributed by atoms with van der Waals surface area (Å²) in [5, 5.41) is 10.9. The van der Waals surface area contributed by atoms with Crippen LogP contribution in [0.5, 0.6) is 0 Å². The van der Waals surface area contributed by atoms with Gasteiger partial charge in [0.1, 0.15) is 5.54 Å². The van der Waals surface area contributed by atoms with E-state index >= 15 is 0 Å². The average molecular weight is 333 g/mol. The summed E-state index contributed by atoms with van der Waals surface area (Å²) in [6, 6.07) is 2.59. The molecule has 24 heavy (non-hydrogen) atoms. The van der Waals surface area contributed by atoms with E-state index in [2.05, 4.69) is 27.6 Å². The number of carbonyl (C=O) groups is 1. The van der Waals surface area contributed by atoms with Crippen LogP contribution in [0.25, 0.3) is 0 Å². The van der Waals surface area contributed by atoms with Gasteiger partial charge in [-0.25, -0.2) is 0 Å². The lowest BCUT2D eigenvalue weighted by Gasteiger charge is -2.38. The first kappa shape index (κ1) is 17.4. The van der Waals surface area contributed by atoms with Gasteiger partial charge >= 0.3 is 0 Å². The number of amides is 1. The number of nitrogens with one attached hydrogen (secondary N) is 2. The summed E-state index contributed by atoms with van der Waals surface area (Å²) >= 11 is 0. The number of rotatable bonds is 6. The molecule has 1 unspecified atom stereocenters. The molecule has 0 saturated carbocycles. The van der Waals surface area contributed by atoms with Crippen LogP contribution in [0.4, 0.5) is 0 Å². The summed E-state index contributed by atoms with van der Waals surface area (Å²) in [5.74, 6) is 0.123. The molecule has 2 fully saturated rings. The van der Waals surface area contributed by atoms with Crippen LogP contribution in [0.15, 0.2) is 18.5 Å². The van der Waals surface area contributed by atoms with E-state index in [1.54, 1.807) is 6.20 Å². The fourth-order valence-electron chi connectivity index (χ4n) is 4.22. The van der Waals surface area contributed by atoms with E-state index in [9.17, 15) is 4.79 Å². The van der Waals surface area contributed by atoms with E-state index in [1.807, 2.05) is 16.9 Å². The predicted octanol–water partition coefficient (Wildman–Crippen LogP) is 1.34. The standard InChI is InChI=1S/C18H31N5O/c1-2-16-6-3-4-13-22(16)15-12-20-17(24)18(7-10-19-11-8-18)23-14-5-9-21-23/h5,9,14,16,19H,2-4,6-8,10-13,15H2,1H3,(H,20,24). The SMILES string of the molecule is CCC1CCCCN1CCNC(=O)C1(n2cccn2)CCNCC1. The van der Waals surface area contributed by atoms with Crippen molar-refractivity contribution in [3.05, 3.63) is 18.5 Å². The van der Waals surface area contributed by atoms with Crippen molar-refractivity contribution < 1.29 is 4.79 Å². The predicted molar refractivity (Wildman–Crippen MR) is 94.8 cm³/mol. The lowest BCUT2D eigenvalue weighted by Crippen LogP contribution is -2.55. The molecule has 6 heteroatoms. The third-order valence-electron chi connectivity index (χ3n) is 5.70. The largest absolute Gasteiger partial charge is 0.353 e. The molecule has 1 aromatic rings. The first-order chi connectivity index (χ1) is 11.8. The van der Waals surface area contributed by atoms with Crippen LogP contribution in [-0.2, 0) is 10.3 Å². The third kappa shape index (κ3) is 3.64. The van der Waals surface area contributed by atoms with Crippen LogP contribution in [0.1, 0.15) is 45.4 Å².